The molecule has 3 rings (SSSR count). The molecule has 0 aliphatic heterocycles. The molecular weight excluding hydrogens is 384 g/mol. The van der Waals surface area contributed by atoms with E-state index in [-0.39, 0.29) is 17.9 Å². The Morgan fingerprint density at radius 3 is 2.53 bits per heavy atom. The van der Waals surface area contributed by atoms with Gasteiger partial charge in [0.05, 0.1) is 5.39 Å². The molecule has 0 atom stereocenters. The third kappa shape index (κ3) is 4.65. The van der Waals surface area contributed by atoms with Crippen LogP contribution in [-0.4, -0.2) is 28.2 Å². The molecule has 3 aromatic rings. The van der Waals surface area contributed by atoms with Crippen LogP contribution in [0.4, 0.5) is 0 Å². The summed E-state index contributed by atoms with van der Waals surface area (Å²) in [4.78, 5) is 37.3. The summed E-state index contributed by atoms with van der Waals surface area (Å²) in [6.45, 7) is 5.87. The zero-order valence-electron chi connectivity index (χ0n) is 17.2. The van der Waals surface area contributed by atoms with Gasteiger partial charge in [0.2, 0.25) is 0 Å². The monoisotopic (exact) mass is 408 g/mol. The Hall–Kier alpha value is -3.68. The maximum absolute atomic E-state index is 12.7. The van der Waals surface area contributed by atoms with Crippen LogP contribution in [-0.2, 0) is 11.3 Å². The fourth-order valence-electron chi connectivity index (χ4n) is 2.99. The third-order valence-electron chi connectivity index (χ3n) is 4.54. The number of fused-ring (bicyclic) bond motifs is 1. The van der Waals surface area contributed by atoms with Crippen molar-refractivity contribution in [2.24, 2.45) is 0 Å². The normalized spacial score (nSPS) is 10.6. The first-order valence-electron chi connectivity index (χ1n) is 9.69. The van der Waals surface area contributed by atoms with E-state index < -0.39 is 11.8 Å². The van der Waals surface area contributed by atoms with E-state index in [0.29, 0.717) is 29.5 Å². The Balaban J connectivity index is 1.71. The van der Waals surface area contributed by atoms with Gasteiger partial charge in [0.25, 0.3) is 17.4 Å². The van der Waals surface area contributed by atoms with Gasteiger partial charge in [-0.1, -0.05) is 37.3 Å². The van der Waals surface area contributed by atoms with Gasteiger partial charge in [-0.05, 0) is 43.5 Å². The quantitative estimate of drug-likeness (QED) is 0.609. The number of hydrogen-bond donors (Lipinski definition) is 2. The number of aryl methyl sites for hydroxylation is 3. The average Bonchev–Trinajstić information content (AvgIpc) is 2.74. The first-order chi connectivity index (χ1) is 14.4. The van der Waals surface area contributed by atoms with Gasteiger partial charge in [0.15, 0.2) is 12.3 Å². The molecule has 0 unspecified atom stereocenters. The molecule has 8 heteroatoms. The SMILES string of the molecule is CCCn1nc(C(=O)NNC(=O)COc2cc(C)ccc2C)c2ccccc2c1=O. The van der Waals surface area contributed by atoms with Crippen LogP contribution < -0.4 is 21.1 Å². The highest BCUT2D eigenvalue weighted by Gasteiger charge is 2.17. The Morgan fingerprint density at radius 2 is 1.80 bits per heavy atom. The number of rotatable bonds is 6. The van der Waals surface area contributed by atoms with Crippen LogP contribution >= 0.6 is 0 Å². The second-order valence-electron chi connectivity index (χ2n) is 6.98. The average molecular weight is 408 g/mol. The number of aromatic nitrogens is 2. The molecule has 0 aliphatic carbocycles. The van der Waals surface area contributed by atoms with Crippen molar-refractivity contribution < 1.29 is 14.3 Å². The molecule has 2 N–H and O–H groups in total. The number of ether oxygens (including phenoxy) is 1. The van der Waals surface area contributed by atoms with Crippen molar-refractivity contribution in [3.8, 4) is 5.75 Å². The van der Waals surface area contributed by atoms with Gasteiger partial charge in [-0.25, -0.2) is 4.68 Å². The Bertz CT molecular complexity index is 1150. The molecule has 0 bridgehead atoms. The number of carbonyl (C=O) groups is 2. The molecule has 8 nitrogen and oxygen atoms in total. The minimum Gasteiger partial charge on any atom is -0.483 e. The summed E-state index contributed by atoms with van der Waals surface area (Å²) >= 11 is 0. The first-order valence-corrected chi connectivity index (χ1v) is 9.69. The van der Waals surface area contributed by atoms with Gasteiger partial charge in [-0.3, -0.25) is 25.2 Å². The molecule has 156 valence electrons. The van der Waals surface area contributed by atoms with E-state index in [1.165, 1.54) is 4.68 Å². The van der Waals surface area contributed by atoms with Crippen molar-refractivity contribution in [2.75, 3.05) is 6.61 Å². The minimum absolute atomic E-state index is 0.0643. The summed E-state index contributed by atoms with van der Waals surface area (Å²) in [5.41, 5.74) is 6.41. The molecule has 0 fully saturated rings. The topological polar surface area (TPSA) is 102 Å². The summed E-state index contributed by atoms with van der Waals surface area (Å²) in [7, 11) is 0. The van der Waals surface area contributed by atoms with Gasteiger partial charge in [0.1, 0.15) is 5.75 Å². The van der Waals surface area contributed by atoms with Gasteiger partial charge >= 0.3 is 0 Å². The number of hydrazine groups is 1. The zero-order valence-corrected chi connectivity index (χ0v) is 17.2. The number of hydrogen-bond acceptors (Lipinski definition) is 5. The van der Waals surface area contributed by atoms with E-state index in [9.17, 15) is 14.4 Å². The van der Waals surface area contributed by atoms with Crippen LogP contribution in [0.2, 0.25) is 0 Å². The smallest absolute Gasteiger partial charge is 0.290 e. The van der Waals surface area contributed by atoms with E-state index in [1.54, 1.807) is 24.3 Å². The molecule has 0 saturated heterocycles. The fourth-order valence-corrected chi connectivity index (χ4v) is 2.99. The number of amides is 2. The van der Waals surface area contributed by atoms with Crippen LogP contribution in [0.1, 0.15) is 35.0 Å². The lowest BCUT2D eigenvalue weighted by molar-refractivity contribution is -0.123. The molecule has 30 heavy (non-hydrogen) atoms. The molecule has 1 aromatic heterocycles. The summed E-state index contributed by atoms with van der Waals surface area (Å²) in [6.07, 6.45) is 0.693. The van der Waals surface area contributed by atoms with E-state index in [4.69, 9.17) is 4.74 Å². The Morgan fingerprint density at radius 1 is 1.07 bits per heavy atom. The first kappa shape index (κ1) is 21.0. The summed E-state index contributed by atoms with van der Waals surface area (Å²) in [6, 6.07) is 12.5. The highest BCUT2D eigenvalue weighted by atomic mass is 16.5. The van der Waals surface area contributed by atoms with Crippen LogP contribution in [0.15, 0.2) is 47.3 Å². The molecule has 0 spiro atoms. The number of nitrogens with one attached hydrogen (secondary N) is 2. The number of carbonyl (C=O) groups excluding carboxylic acids is 2. The molecule has 0 radical (unpaired) electrons. The fraction of sp³-hybridized carbons (Fsp3) is 0.273. The molecular formula is C22H24N4O4. The van der Waals surface area contributed by atoms with Crippen LogP contribution in [0.3, 0.4) is 0 Å². The van der Waals surface area contributed by atoms with Gasteiger partial charge < -0.3 is 4.74 Å². The zero-order chi connectivity index (χ0) is 21.7. The lowest BCUT2D eigenvalue weighted by atomic mass is 10.1. The molecule has 1 heterocycles. The Kier molecular flexibility index (Phi) is 6.46. The van der Waals surface area contributed by atoms with Crippen molar-refractivity contribution in [2.45, 2.75) is 33.7 Å². The third-order valence-corrected chi connectivity index (χ3v) is 4.54. The highest BCUT2D eigenvalue weighted by Crippen LogP contribution is 2.18. The van der Waals surface area contributed by atoms with Gasteiger partial charge in [-0.15, -0.1) is 0 Å². The number of nitrogens with zero attached hydrogens (tertiary/aromatic N) is 2. The largest absolute Gasteiger partial charge is 0.483 e. The highest BCUT2D eigenvalue weighted by molar-refractivity contribution is 6.05. The summed E-state index contributed by atoms with van der Waals surface area (Å²) in [5.74, 6) is -0.526. The lowest BCUT2D eigenvalue weighted by Gasteiger charge is -2.12. The second kappa shape index (κ2) is 9.21. The van der Waals surface area contributed by atoms with E-state index in [2.05, 4.69) is 16.0 Å². The van der Waals surface area contributed by atoms with Gasteiger partial charge in [-0.2, -0.15) is 5.10 Å². The van der Waals surface area contributed by atoms with Crippen molar-refractivity contribution in [1.29, 1.82) is 0 Å². The molecule has 2 amide bonds. The standard InChI is InChI=1S/C22H24N4O4/c1-4-11-26-22(29)17-8-6-5-7-16(17)20(25-26)21(28)24-23-19(27)13-30-18-12-14(2)9-10-15(18)3/h5-10,12H,4,11,13H2,1-3H3,(H,23,27)(H,24,28). The lowest BCUT2D eigenvalue weighted by Crippen LogP contribution is -2.44. The predicted molar refractivity (Wildman–Crippen MR) is 113 cm³/mol. The summed E-state index contributed by atoms with van der Waals surface area (Å²) < 4.78 is 6.80. The maximum Gasteiger partial charge on any atom is 0.290 e. The van der Waals surface area contributed by atoms with Crippen molar-refractivity contribution >= 4 is 22.6 Å². The maximum atomic E-state index is 12.7. The van der Waals surface area contributed by atoms with Crippen LogP contribution in [0, 0.1) is 13.8 Å². The van der Waals surface area contributed by atoms with Gasteiger partial charge in [0, 0.05) is 11.9 Å². The van der Waals surface area contributed by atoms with E-state index >= 15 is 0 Å². The van der Waals surface area contributed by atoms with Crippen molar-refractivity contribution in [3.63, 3.8) is 0 Å². The van der Waals surface area contributed by atoms with Crippen molar-refractivity contribution in [1.82, 2.24) is 20.6 Å². The minimum atomic E-state index is -0.615. The predicted octanol–water partition coefficient (Wildman–Crippen LogP) is 2.26. The van der Waals surface area contributed by atoms with E-state index in [0.717, 1.165) is 11.1 Å². The molecule has 2 aromatic carbocycles. The van der Waals surface area contributed by atoms with Crippen LogP contribution in [0.25, 0.3) is 10.8 Å². The number of benzene rings is 2. The summed E-state index contributed by atoms with van der Waals surface area (Å²) in [5, 5.41) is 5.02. The van der Waals surface area contributed by atoms with Crippen molar-refractivity contribution in [3.05, 3.63) is 69.6 Å². The molecule has 0 saturated carbocycles. The van der Waals surface area contributed by atoms with E-state index in [1.807, 2.05) is 39.0 Å². The molecule has 0 aliphatic rings. The van der Waals surface area contributed by atoms with Crippen LogP contribution in [0.5, 0.6) is 5.75 Å². The Labute approximate surface area is 173 Å². The second-order valence-corrected chi connectivity index (χ2v) is 6.98.